The maximum atomic E-state index is 13.2. The highest BCUT2D eigenvalue weighted by Crippen LogP contribution is 2.52. The van der Waals surface area contributed by atoms with E-state index >= 15 is 0 Å². The second kappa shape index (κ2) is 5.30. The topological polar surface area (TPSA) is 75.5 Å². The molecule has 2 atom stereocenters. The number of hydrogen-bond acceptors (Lipinski definition) is 4. The van der Waals surface area contributed by atoms with Gasteiger partial charge in [-0.3, -0.25) is 14.9 Å². The van der Waals surface area contributed by atoms with E-state index in [1.54, 1.807) is 12.1 Å². The van der Waals surface area contributed by atoms with E-state index in [4.69, 9.17) is 0 Å². The lowest BCUT2D eigenvalue weighted by atomic mass is 9.65. The Kier molecular flexibility index (Phi) is 3.13. The molecule has 1 saturated heterocycles. The Morgan fingerprint density at radius 1 is 1.19 bits per heavy atom. The van der Waals surface area contributed by atoms with Crippen molar-refractivity contribution in [2.24, 2.45) is 0 Å². The van der Waals surface area contributed by atoms with E-state index in [9.17, 15) is 14.9 Å². The number of nitrogens with zero attached hydrogens (tertiary/aromatic N) is 2. The van der Waals surface area contributed by atoms with E-state index in [2.05, 4.69) is 10.2 Å². The van der Waals surface area contributed by atoms with E-state index in [0.717, 1.165) is 48.3 Å². The molecule has 3 heterocycles. The number of para-hydroxylation sites is 1. The molecule has 2 aromatic rings. The number of benzene rings is 2. The lowest BCUT2D eigenvalue weighted by Crippen LogP contribution is -2.60. The molecule has 0 saturated carbocycles. The van der Waals surface area contributed by atoms with Crippen molar-refractivity contribution in [1.29, 1.82) is 0 Å². The molecule has 0 aromatic heterocycles. The summed E-state index contributed by atoms with van der Waals surface area (Å²) in [5, 5.41) is 14.3. The van der Waals surface area contributed by atoms with Crippen LogP contribution in [0.5, 0.6) is 0 Å². The zero-order valence-corrected chi connectivity index (χ0v) is 14.3. The fraction of sp³-hybridized carbons (Fsp3) is 0.350. The van der Waals surface area contributed by atoms with Crippen LogP contribution in [0.4, 0.5) is 17.1 Å². The monoisotopic (exact) mass is 349 g/mol. The number of fused-ring (bicyclic) bond motifs is 6. The van der Waals surface area contributed by atoms with Crippen molar-refractivity contribution in [1.82, 2.24) is 0 Å². The largest absolute Gasteiger partial charge is 0.367 e. The van der Waals surface area contributed by atoms with Crippen LogP contribution in [0.25, 0.3) is 0 Å². The highest BCUT2D eigenvalue weighted by atomic mass is 16.6. The fourth-order valence-corrected chi connectivity index (χ4v) is 5.10. The van der Waals surface area contributed by atoms with Crippen molar-refractivity contribution < 1.29 is 9.72 Å². The van der Waals surface area contributed by atoms with Crippen LogP contribution in [0, 0.1) is 10.1 Å². The molecule has 1 N–H and O–H groups in total. The van der Waals surface area contributed by atoms with Gasteiger partial charge in [0.25, 0.3) is 5.69 Å². The molecule has 1 spiro atoms. The maximum absolute atomic E-state index is 13.2. The van der Waals surface area contributed by atoms with Gasteiger partial charge in [-0.2, -0.15) is 0 Å². The molecule has 6 heteroatoms. The van der Waals surface area contributed by atoms with Gasteiger partial charge >= 0.3 is 0 Å². The van der Waals surface area contributed by atoms with Gasteiger partial charge in [0.15, 0.2) is 0 Å². The van der Waals surface area contributed by atoms with Gasteiger partial charge in [-0.25, -0.2) is 0 Å². The lowest BCUT2D eigenvalue weighted by molar-refractivity contribution is -0.384. The third-order valence-electron chi connectivity index (χ3n) is 6.19. The fourth-order valence-electron chi connectivity index (χ4n) is 5.10. The molecule has 5 rings (SSSR count). The minimum atomic E-state index is -0.667. The van der Waals surface area contributed by atoms with Crippen molar-refractivity contribution in [2.75, 3.05) is 16.8 Å². The van der Waals surface area contributed by atoms with Gasteiger partial charge in [-0.15, -0.1) is 0 Å². The summed E-state index contributed by atoms with van der Waals surface area (Å²) in [6.45, 7) is 0.882. The van der Waals surface area contributed by atoms with Crippen molar-refractivity contribution >= 4 is 23.0 Å². The maximum Gasteiger partial charge on any atom is 0.269 e. The number of piperidine rings is 1. The number of non-ortho nitro benzene ring substituents is 1. The van der Waals surface area contributed by atoms with Crippen molar-refractivity contribution in [2.45, 2.75) is 37.1 Å². The summed E-state index contributed by atoms with van der Waals surface area (Å²) in [5.41, 5.74) is 3.25. The Bertz CT molecular complexity index is 942. The zero-order chi connectivity index (χ0) is 17.9. The quantitative estimate of drug-likeness (QED) is 0.632. The van der Waals surface area contributed by atoms with Gasteiger partial charge < -0.3 is 10.2 Å². The first-order valence-corrected chi connectivity index (χ1v) is 9.06. The number of rotatable bonds is 1. The molecule has 132 valence electrons. The van der Waals surface area contributed by atoms with Crippen LogP contribution >= 0.6 is 0 Å². The lowest BCUT2D eigenvalue weighted by Gasteiger charge is -2.51. The summed E-state index contributed by atoms with van der Waals surface area (Å²) in [7, 11) is 0. The first-order valence-electron chi connectivity index (χ1n) is 9.06. The second-order valence-corrected chi connectivity index (χ2v) is 7.42. The predicted octanol–water partition coefficient (Wildman–Crippen LogP) is 3.40. The van der Waals surface area contributed by atoms with Gasteiger partial charge in [0.05, 0.1) is 4.92 Å². The Balaban J connectivity index is 1.74. The van der Waals surface area contributed by atoms with Gasteiger partial charge in [-0.05, 0) is 48.9 Å². The molecular formula is C20H19N3O3. The van der Waals surface area contributed by atoms with Crippen LogP contribution in [0.15, 0.2) is 42.5 Å². The third-order valence-corrected chi connectivity index (χ3v) is 6.19. The molecule has 6 nitrogen and oxygen atoms in total. The van der Waals surface area contributed by atoms with Gasteiger partial charge in [0, 0.05) is 36.1 Å². The Morgan fingerprint density at radius 2 is 2.04 bits per heavy atom. The Morgan fingerprint density at radius 3 is 2.88 bits per heavy atom. The van der Waals surface area contributed by atoms with E-state index in [1.165, 1.54) is 0 Å². The van der Waals surface area contributed by atoms with Crippen LogP contribution in [-0.4, -0.2) is 23.4 Å². The summed E-state index contributed by atoms with van der Waals surface area (Å²) in [6, 6.07) is 13.0. The molecule has 0 unspecified atom stereocenters. The number of hydrogen-bond donors (Lipinski definition) is 1. The van der Waals surface area contributed by atoms with E-state index in [-0.39, 0.29) is 22.6 Å². The van der Waals surface area contributed by atoms with Gasteiger partial charge in [0.2, 0.25) is 5.91 Å². The molecule has 3 aliphatic rings. The number of nitro groups is 1. The molecule has 2 aromatic carbocycles. The Labute approximate surface area is 151 Å². The Hall–Kier alpha value is -2.89. The molecule has 1 fully saturated rings. The van der Waals surface area contributed by atoms with Crippen LogP contribution in [0.1, 0.15) is 30.4 Å². The number of anilines is 2. The van der Waals surface area contributed by atoms with Crippen LogP contribution in [-0.2, 0) is 16.6 Å². The summed E-state index contributed by atoms with van der Waals surface area (Å²) in [4.78, 5) is 26.4. The number of amides is 1. The normalized spacial score (nSPS) is 26.1. The van der Waals surface area contributed by atoms with Crippen molar-refractivity contribution in [3.63, 3.8) is 0 Å². The molecule has 0 aliphatic carbocycles. The minimum absolute atomic E-state index is 0.0211. The van der Waals surface area contributed by atoms with E-state index < -0.39 is 5.41 Å². The van der Waals surface area contributed by atoms with E-state index in [0.29, 0.717) is 6.42 Å². The second-order valence-electron chi connectivity index (χ2n) is 7.42. The number of nitrogens with one attached hydrogen (secondary N) is 1. The summed E-state index contributed by atoms with van der Waals surface area (Å²) in [6.07, 6.45) is 3.64. The number of carbonyl (C=O) groups excluding carboxylic acids is 1. The smallest absolute Gasteiger partial charge is 0.269 e. The number of carbonyl (C=O) groups is 1. The number of nitro benzene ring substituents is 1. The van der Waals surface area contributed by atoms with Crippen molar-refractivity contribution in [3.05, 3.63) is 63.7 Å². The van der Waals surface area contributed by atoms with Crippen LogP contribution in [0.2, 0.25) is 0 Å². The van der Waals surface area contributed by atoms with Crippen LogP contribution < -0.4 is 10.2 Å². The third kappa shape index (κ3) is 1.90. The predicted molar refractivity (Wildman–Crippen MR) is 98.5 cm³/mol. The molecular weight excluding hydrogens is 330 g/mol. The zero-order valence-electron chi connectivity index (χ0n) is 14.3. The van der Waals surface area contributed by atoms with Gasteiger partial charge in [-0.1, -0.05) is 18.2 Å². The van der Waals surface area contributed by atoms with Crippen LogP contribution in [0.3, 0.4) is 0 Å². The highest BCUT2D eigenvalue weighted by molar-refractivity contribution is 6.08. The van der Waals surface area contributed by atoms with E-state index in [1.807, 2.05) is 30.3 Å². The first kappa shape index (κ1) is 15.4. The standard InChI is InChI=1S/C20H19N3O3/c24-19-20(15-5-1-2-6-16(15)21-19)12-13-11-14(23(25)26)8-9-17(13)22-10-4-3-7-18(20)22/h1-2,5-6,8-9,11,18H,3-4,7,10,12H2,(H,21,24)/t18-,20+/m1/s1. The summed E-state index contributed by atoms with van der Waals surface area (Å²) in [5.74, 6) is 0.0211. The van der Waals surface area contributed by atoms with Crippen molar-refractivity contribution in [3.8, 4) is 0 Å². The molecule has 1 amide bonds. The molecule has 26 heavy (non-hydrogen) atoms. The summed E-state index contributed by atoms with van der Waals surface area (Å²) < 4.78 is 0. The highest BCUT2D eigenvalue weighted by Gasteiger charge is 2.57. The SMILES string of the molecule is O=C1Nc2ccccc2[C@]12Cc1cc([N+](=O)[O-])ccc1N1CCCC[C@@H]12. The molecule has 0 radical (unpaired) electrons. The molecule has 0 bridgehead atoms. The van der Waals surface area contributed by atoms with Gasteiger partial charge in [0.1, 0.15) is 5.41 Å². The minimum Gasteiger partial charge on any atom is -0.367 e. The first-order chi connectivity index (χ1) is 12.6. The average molecular weight is 349 g/mol. The summed E-state index contributed by atoms with van der Waals surface area (Å²) >= 11 is 0. The average Bonchev–Trinajstić information content (AvgIpc) is 2.94. The molecule has 3 aliphatic heterocycles.